The molecule has 1 atom stereocenters. The van der Waals surface area contributed by atoms with Crippen molar-refractivity contribution < 1.29 is 19.1 Å². The zero-order valence-electron chi connectivity index (χ0n) is 19.5. The van der Waals surface area contributed by atoms with E-state index in [0.29, 0.717) is 16.7 Å². The van der Waals surface area contributed by atoms with Gasteiger partial charge in [-0.15, -0.1) is 0 Å². The number of carbonyl (C=O) groups is 2. The molecule has 4 rings (SSSR count). The molecule has 1 amide bonds. The van der Waals surface area contributed by atoms with E-state index in [-0.39, 0.29) is 23.7 Å². The first-order valence-electron chi connectivity index (χ1n) is 11.5. The number of carbonyl (C=O) groups excluding carboxylic acids is 2. The van der Waals surface area contributed by atoms with Crippen LogP contribution in [0, 0.1) is 5.82 Å². The molecule has 1 heterocycles. The molecule has 1 aliphatic rings. The van der Waals surface area contributed by atoms with Crippen molar-refractivity contribution in [2.45, 2.75) is 26.4 Å². The molecular formula is C28H26BrFN2O3. The molecule has 0 aliphatic carbocycles. The molecule has 1 N–H and O–H groups in total. The summed E-state index contributed by atoms with van der Waals surface area (Å²) in [4.78, 5) is 30.0. The molecule has 1 unspecified atom stereocenters. The second-order valence-corrected chi connectivity index (χ2v) is 9.24. The third-order valence-electron chi connectivity index (χ3n) is 6.26. The van der Waals surface area contributed by atoms with E-state index in [2.05, 4.69) is 34.7 Å². The molecule has 0 saturated carbocycles. The molecule has 1 aliphatic heterocycles. The molecule has 0 bridgehead atoms. The summed E-state index contributed by atoms with van der Waals surface area (Å²) < 4.78 is 14.3. The van der Waals surface area contributed by atoms with Gasteiger partial charge in [0.15, 0.2) is 0 Å². The van der Waals surface area contributed by atoms with Crippen LogP contribution in [0.1, 0.15) is 36.6 Å². The number of aliphatic hydroxyl groups is 1. The smallest absolute Gasteiger partial charge is 0.295 e. The summed E-state index contributed by atoms with van der Waals surface area (Å²) in [7, 11) is 0. The van der Waals surface area contributed by atoms with Crippen molar-refractivity contribution in [1.29, 1.82) is 0 Å². The van der Waals surface area contributed by atoms with E-state index in [1.807, 2.05) is 24.3 Å². The summed E-state index contributed by atoms with van der Waals surface area (Å²) >= 11 is 3.37. The predicted molar refractivity (Wildman–Crippen MR) is 138 cm³/mol. The number of benzene rings is 3. The van der Waals surface area contributed by atoms with Crippen LogP contribution in [0.15, 0.2) is 82.8 Å². The third kappa shape index (κ3) is 5.00. The Morgan fingerprint density at radius 3 is 2.11 bits per heavy atom. The molecule has 3 aromatic carbocycles. The Hall–Kier alpha value is -3.45. The lowest BCUT2D eigenvalue weighted by atomic mass is 9.95. The maximum atomic E-state index is 13.4. The van der Waals surface area contributed by atoms with Crippen LogP contribution >= 0.6 is 15.9 Å². The number of hydrogen-bond acceptors (Lipinski definition) is 4. The van der Waals surface area contributed by atoms with Crippen molar-refractivity contribution in [2.75, 3.05) is 18.0 Å². The normalized spacial score (nSPS) is 17.1. The summed E-state index contributed by atoms with van der Waals surface area (Å²) in [6.07, 6.45) is 0. The first kappa shape index (κ1) is 24.7. The highest BCUT2D eigenvalue weighted by Crippen LogP contribution is 2.40. The lowest BCUT2D eigenvalue weighted by Gasteiger charge is -2.27. The fourth-order valence-corrected chi connectivity index (χ4v) is 4.66. The van der Waals surface area contributed by atoms with Gasteiger partial charge in [-0.05, 0) is 61.4 Å². The number of nitrogens with zero attached hydrogens (tertiary/aromatic N) is 2. The molecule has 35 heavy (non-hydrogen) atoms. The van der Waals surface area contributed by atoms with Crippen LogP contribution in [0.25, 0.3) is 5.76 Å². The van der Waals surface area contributed by atoms with Crippen molar-refractivity contribution in [2.24, 2.45) is 0 Å². The van der Waals surface area contributed by atoms with Crippen molar-refractivity contribution in [3.8, 4) is 0 Å². The maximum absolute atomic E-state index is 13.4. The molecule has 0 aromatic heterocycles. The number of likely N-dealkylation sites (tertiary alicyclic amines) is 1. The number of aliphatic hydroxyl groups excluding tert-OH is 1. The second-order valence-electron chi connectivity index (χ2n) is 8.32. The van der Waals surface area contributed by atoms with Gasteiger partial charge < -0.3 is 14.9 Å². The van der Waals surface area contributed by atoms with E-state index in [1.165, 1.54) is 17.0 Å². The summed E-state index contributed by atoms with van der Waals surface area (Å²) in [6, 6.07) is 19.6. The zero-order valence-corrected chi connectivity index (χ0v) is 21.1. The van der Waals surface area contributed by atoms with Crippen LogP contribution in [0.2, 0.25) is 0 Å². The topological polar surface area (TPSA) is 60.9 Å². The molecule has 3 aromatic rings. The Balaban J connectivity index is 1.82. The number of hydrogen-bond donors (Lipinski definition) is 1. The molecular weight excluding hydrogens is 511 g/mol. The Morgan fingerprint density at radius 1 is 0.943 bits per heavy atom. The highest BCUT2D eigenvalue weighted by atomic mass is 79.9. The van der Waals surface area contributed by atoms with E-state index in [9.17, 15) is 19.1 Å². The summed E-state index contributed by atoms with van der Waals surface area (Å²) in [5.41, 5.74) is 2.90. The van der Waals surface area contributed by atoms with Crippen LogP contribution in [-0.4, -0.2) is 34.8 Å². The molecule has 7 heteroatoms. The van der Waals surface area contributed by atoms with Gasteiger partial charge in [-0.25, -0.2) is 4.39 Å². The summed E-state index contributed by atoms with van der Waals surface area (Å²) in [5.74, 6) is -2.05. The Bertz CT molecular complexity index is 1250. The maximum Gasteiger partial charge on any atom is 0.295 e. The number of ketones is 1. The third-order valence-corrected chi connectivity index (χ3v) is 6.79. The van der Waals surface area contributed by atoms with Gasteiger partial charge in [-0.2, -0.15) is 0 Å². The van der Waals surface area contributed by atoms with Gasteiger partial charge in [-0.3, -0.25) is 9.59 Å². The minimum atomic E-state index is -0.783. The minimum Gasteiger partial charge on any atom is -0.507 e. The average Bonchev–Trinajstić information content (AvgIpc) is 3.11. The van der Waals surface area contributed by atoms with Gasteiger partial charge in [0.25, 0.3) is 11.7 Å². The van der Waals surface area contributed by atoms with E-state index >= 15 is 0 Å². The van der Waals surface area contributed by atoms with Gasteiger partial charge >= 0.3 is 0 Å². The van der Waals surface area contributed by atoms with E-state index < -0.39 is 17.7 Å². The monoisotopic (exact) mass is 536 g/mol. The molecule has 5 nitrogen and oxygen atoms in total. The van der Waals surface area contributed by atoms with Crippen molar-refractivity contribution in [1.82, 2.24) is 4.90 Å². The van der Waals surface area contributed by atoms with E-state index in [4.69, 9.17) is 0 Å². The molecule has 0 spiro atoms. The molecule has 180 valence electrons. The molecule has 0 radical (unpaired) electrons. The summed E-state index contributed by atoms with van der Waals surface area (Å²) in [5, 5.41) is 11.2. The van der Waals surface area contributed by atoms with Crippen molar-refractivity contribution >= 4 is 39.1 Å². The van der Waals surface area contributed by atoms with Gasteiger partial charge in [0.2, 0.25) is 0 Å². The van der Waals surface area contributed by atoms with Crippen LogP contribution < -0.4 is 4.90 Å². The van der Waals surface area contributed by atoms with Gasteiger partial charge in [0, 0.05) is 35.4 Å². The lowest BCUT2D eigenvalue weighted by molar-refractivity contribution is -0.140. The second kappa shape index (κ2) is 10.4. The first-order valence-corrected chi connectivity index (χ1v) is 12.3. The Labute approximate surface area is 212 Å². The molecule has 1 fully saturated rings. The van der Waals surface area contributed by atoms with Gasteiger partial charge in [0.1, 0.15) is 11.6 Å². The van der Waals surface area contributed by atoms with E-state index in [1.54, 1.807) is 36.4 Å². The molecule has 1 saturated heterocycles. The largest absolute Gasteiger partial charge is 0.507 e. The van der Waals surface area contributed by atoms with Crippen molar-refractivity contribution in [3.63, 3.8) is 0 Å². The predicted octanol–water partition coefficient (Wildman–Crippen LogP) is 6.06. The van der Waals surface area contributed by atoms with Crippen molar-refractivity contribution in [3.05, 3.63) is 105 Å². The highest BCUT2D eigenvalue weighted by Gasteiger charge is 2.46. The zero-order chi connectivity index (χ0) is 25.1. The number of amides is 1. The van der Waals surface area contributed by atoms with Crippen LogP contribution in [0.4, 0.5) is 10.1 Å². The van der Waals surface area contributed by atoms with Crippen LogP contribution in [0.5, 0.6) is 0 Å². The number of halogens is 2. The highest BCUT2D eigenvalue weighted by molar-refractivity contribution is 9.10. The fraction of sp³-hybridized carbons (Fsp3) is 0.214. The Kier molecular flexibility index (Phi) is 7.36. The lowest BCUT2D eigenvalue weighted by Crippen LogP contribution is -2.29. The van der Waals surface area contributed by atoms with Gasteiger partial charge in [0.05, 0.1) is 11.6 Å². The SMILES string of the molecule is CCN(CC)c1ccc(C2/C(=C(/O)c3ccc(Br)cc3)C(=O)C(=O)N2Cc2ccc(F)cc2)cc1. The fourth-order valence-electron chi connectivity index (χ4n) is 4.40. The number of rotatable bonds is 7. The Morgan fingerprint density at radius 2 is 1.54 bits per heavy atom. The first-order chi connectivity index (χ1) is 16.8. The quantitative estimate of drug-likeness (QED) is 0.226. The van der Waals surface area contributed by atoms with E-state index in [0.717, 1.165) is 23.2 Å². The van der Waals surface area contributed by atoms with Crippen LogP contribution in [0.3, 0.4) is 0 Å². The standard InChI is InChI=1S/C28H26BrFN2O3/c1-3-31(4-2)23-15-9-19(10-16-23)25-24(26(33)20-7-11-21(29)12-8-20)27(34)28(35)32(25)17-18-5-13-22(30)14-6-18/h5-16,25,33H,3-4,17H2,1-2H3/b26-24-. The minimum absolute atomic E-state index is 0.0371. The van der Waals surface area contributed by atoms with Crippen LogP contribution in [-0.2, 0) is 16.1 Å². The van der Waals surface area contributed by atoms with Gasteiger partial charge in [-0.1, -0.05) is 52.3 Å². The average molecular weight is 537 g/mol. The summed E-state index contributed by atoms with van der Waals surface area (Å²) in [6.45, 7) is 5.95. The number of Topliss-reactive ketones (excluding diaryl/α,β-unsaturated/α-hetero) is 1. The number of anilines is 1.